The Bertz CT molecular complexity index is 1540. The molecule has 2 unspecified atom stereocenters. The summed E-state index contributed by atoms with van der Waals surface area (Å²) in [4.78, 5) is 14.6. The molecular weight excluding hydrogens is 656 g/mol. The largest absolute Gasteiger partial charge is 0.384 e. The molecule has 4 aromatic heterocycles. The molecule has 15 heteroatoms. The molecule has 0 bridgehead atoms. The van der Waals surface area contributed by atoms with E-state index in [9.17, 15) is 0 Å². The first-order valence-electron chi connectivity index (χ1n) is 14.2. The Kier molecular flexibility index (Phi) is 7.73. The van der Waals surface area contributed by atoms with Gasteiger partial charge in [-0.3, -0.25) is 4.90 Å². The van der Waals surface area contributed by atoms with Crippen molar-refractivity contribution in [2.45, 2.75) is 31.5 Å². The average molecular weight is 690 g/mol. The van der Waals surface area contributed by atoms with Crippen LogP contribution in [0.1, 0.15) is 30.0 Å². The first-order chi connectivity index (χ1) is 20.0. The summed E-state index contributed by atoms with van der Waals surface area (Å²) in [6, 6.07) is 1.98. The van der Waals surface area contributed by atoms with E-state index in [1.165, 1.54) is 0 Å². The number of hydrogen-bond donors (Lipinski definition) is 4. The Hall–Kier alpha value is -2.56. The summed E-state index contributed by atoms with van der Waals surface area (Å²) < 4.78 is 11.5. The maximum absolute atomic E-state index is 6.41. The summed E-state index contributed by atoms with van der Waals surface area (Å²) in [5, 5.41) is 19.7. The molecule has 0 spiro atoms. The molecule has 3 saturated heterocycles. The summed E-state index contributed by atoms with van der Waals surface area (Å²) in [6.45, 7) is 8.41. The van der Waals surface area contributed by atoms with E-state index in [0.717, 1.165) is 102 Å². The summed E-state index contributed by atoms with van der Waals surface area (Å²) in [6.07, 6.45) is 5.70. The van der Waals surface area contributed by atoms with Gasteiger partial charge in [-0.25, -0.2) is 9.97 Å². The molecule has 218 valence electrons. The minimum absolute atomic E-state index is 0.242. The number of piperazine rings is 1. The van der Waals surface area contributed by atoms with E-state index in [1.54, 1.807) is 10.7 Å². The van der Waals surface area contributed by atoms with Crippen LogP contribution in [0.25, 0.3) is 11.3 Å². The Labute approximate surface area is 254 Å². The van der Waals surface area contributed by atoms with Crippen LogP contribution in [0.2, 0.25) is 0 Å². The van der Waals surface area contributed by atoms with Crippen molar-refractivity contribution in [3.8, 4) is 0 Å². The van der Waals surface area contributed by atoms with Gasteiger partial charge in [0, 0.05) is 69.9 Å². The topological polar surface area (TPSA) is 138 Å². The lowest BCUT2D eigenvalue weighted by Gasteiger charge is -2.34. The highest BCUT2D eigenvalue weighted by molar-refractivity contribution is 9.11. The third-order valence-electron chi connectivity index (χ3n) is 8.09. The molecule has 13 nitrogen and oxygen atoms in total. The van der Waals surface area contributed by atoms with E-state index < -0.39 is 0 Å². The van der Waals surface area contributed by atoms with Crippen molar-refractivity contribution in [1.29, 1.82) is 0 Å². The standard InChI is InChI=1S/C26H34Br2N12O/c27-18-13-33-40-24(18)36-25(38-6-4-30-5-7-38)22(28)26(40)35-21-15-37(8-9-41-21)14-17-12-32-39-20(29)10-19(34-23(17)39)16-2-1-3-31-11-16/h10,12-13,16,21,30-31,35H,1-9,11,14-15,29H2. The van der Waals surface area contributed by atoms with Crippen LogP contribution >= 0.6 is 31.9 Å². The first-order valence-corrected chi connectivity index (χ1v) is 15.8. The SMILES string of the molecule is Nc1cc(C2CCCNC2)nc2c(CN3CCOC(Nc4c(Br)c(N5CCNCC5)nc5c(Br)cnn45)C3)cnn12. The number of morpholine rings is 1. The predicted octanol–water partition coefficient (Wildman–Crippen LogP) is 2.03. The van der Waals surface area contributed by atoms with Gasteiger partial charge >= 0.3 is 0 Å². The molecule has 4 aromatic rings. The number of anilines is 3. The number of hydrogen-bond acceptors (Lipinski definition) is 11. The van der Waals surface area contributed by atoms with Crippen LogP contribution in [0, 0.1) is 0 Å². The summed E-state index contributed by atoms with van der Waals surface area (Å²) in [7, 11) is 0. The number of rotatable bonds is 6. The van der Waals surface area contributed by atoms with Crippen LogP contribution in [0.5, 0.6) is 0 Å². The van der Waals surface area contributed by atoms with Crippen molar-refractivity contribution in [3.05, 3.63) is 38.7 Å². The lowest BCUT2D eigenvalue weighted by molar-refractivity contribution is -0.0165. The first kappa shape index (κ1) is 27.3. The summed E-state index contributed by atoms with van der Waals surface area (Å²) in [5.74, 6) is 2.71. The second-order valence-corrected chi connectivity index (χ2v) is 12.5. The molecule has 3 aliphatic heterocycles. The highest BCUT2D eigenvalue weighted by Crippen LogP contribution is 2.35. The van der Waals surface area contributed by atoms with Crippen LogP contribution in [-0.4, -0.2) is 99.3 Å². The van der Waals surface area contributed by atoms with E-state index >= 15 is 0 Å². The number of piperidine rings is 1. The third kappa shape index (κ3) is 5.39. The van der Waals surface area contributed by atoms with Crippen molar-refractivity contribution in [3.63, 3.8) is 0 Å². The molecule has 0 radical (unpaired) electrons. The second-order valence-electron chi connectivity index (χ2n) is 10.9. The number of ether oxygens (including phenoxy) is 1. The van der Waals surface area contributed by atoms with E-state index in [4.69, 9.17) is 20.4 Å². The number of nitrogens with one attached hydrogen (secondary N) is 3. The fraction of sp³-hybridized carbons (Fsp3) is 0.538. The third-order valence-corrected chi connectivity index (χ3v) is 9.38. The van der Waals surface area contributed by atoms with Crippen LogP contribution in [0.15, 0.2) is 27.4 Å². The zero-order chi connectivity index (χ0) is 27.9. The highest BCUT2D eigenvalue weighted by atomic mass is 79.9. The minimum atomic E-state index is -0.242. The highest BCUT2D eigenvalue weighted by Gasteiger charge is 2.27. The fourth-order valence-electron chi connectivity index (χ4n) is 5.95. The fourth-order valence-corrected chi connectivity index (χ4v) is 6.92. The number of halogens is 2. The van der Waals surface area contributed by atoms with Crippen molar-refractivity contribution >= 4 is 60.6 Å². The predicted molar refractivity (Wildman–Crippen MR) is 164 cm³/mol. The van der Waals surface area contributed by atoms with Crippen LogP contribution < -0.4 is 26.6 Å². The number of aromatic nitrogens is 6. The maximum atomic E-state index is 6.41. The molecule has 0 saturated carbocycles. The van der Waals surface area contributed by atoms with Crippen molar-refractivity contribution in [2.75, 3.05) is 74.9 Å². The van der Waals surface area contributed by atoms with Crippen LogP contribution in [0.4, 0.5) is 17.5 Å². The lowest BCUT2D eigenvalue weighted by atomic mass is 9.96. The molecule has 5 N–H and O–H groups in total. The molecule has 41 heavy (non-hydrogen) atoms. The normalized spacial score (nSPS) is 22.5. The van der Waals surface area contributed by atoms with Crippen molar-refractivity contribution < 1.29 is 4.74 Å². The number of nitrogens with zero attached hydrogens (tertiary/aromatic N) is 8. The minimum Gasteiger partial charge on any atom is -0.384 e. The number of nitrogen functional groups attached to an aromatic ring is 1. The molecule has 0 aliphatic carbocycles. The van der Waals surface area contributed by atoms with Crippen molar-refractivity contribution in [2.24, 2.45) is 0 Å². The van der Waals surface area contributed by atoms with Gasteiger partial charge in [0.1, 0.15) is 28.2 Å². The van der Waals surface area contributed by atoms with Gasteiger partial charge < -0.3 is 31.3 Å². The summed E-state index contributed by atoms with van der Waals surface area (Å²) in [5.41, 5.74) is 10.1. The van der Waals surface area contributed by atoms with E-state index in [0.29, 0.717) is 31.4 Å². The number of fused-ring (bicyclic) bond motifs is 2. The van der Waals surface area contributed by atoms with Gasteiger partial charge in [-0.05, 0) is 51.2 Å². The summed E-state index contributed by atoms with van der Waals surface area (Å²) >= 11 is 7.46. The molecule has 2 atom stereocenters. The van der Waals surface area contributed by atoms with E-state index in [2.05, 4.69) is 67.8 Å². The Morgan fingerprint density at radius 3 is 2.71 bits per heavy atom. The molecular formula is C26H34Br2N12O. The zero-order valence-corrected chi connectivity index (χ0v) is 25.9. The van der Waals surface area contributed by atoms with Gasteiger partial charge in [0.2, 0.25) is 0 Å². The zero-order valence-electron chi connectivity index (χ0n) is 22.7. The van der Waals surface area contributed by atoms with Gasteiger partial charge in [-0.2, -0.15) is 19.2 Å². The molecule has 7 heterocycles. The second kappa shape index (κ2) is 11.6. The average Bonchev–Trinajstić information content (AvgIpc) is 3.58. The van der Waals surface area contributed by atoms with E-state index in [-0.39, 0.29) is 6.23 Å². The smallest absolute Gasteiger partial charge is 0.173 e. The molecule has 3 aliphatic rings. The number of nitrogens with two attached hydrogens (primary N) is 1. The lowest BCUT2D eigenvalue weighted by Crippen LogP contribution is -2.46. The Morgan fingerprint density at radius 2 is 1.88 bits per heavy atom. The molecule has 3 fully saturated rings. The Morgan fingerprint density at radius 1 is 1.02 bits per heavy atom. The Balaban J connectivity index is 1.12. The van der Waals surface area contributed by atoms with Gasteiger partial charge in [0.25, 0.3) is 0 Å². The quantitative estimate of drug-likeness (QED) is 0.237. The van der Waals surface area contributed by atoms with Gasteiger partial charge in [0.05, 0.1) is 29.2 Å². The van der Waals surface area contributed by atoms with Crippen LogP contribution in [-0.2, 0) is 11.3 Å². The maximum Gasteiger partial charge on any atom is 0.173 e. The molecule has 0 aromatic carbocycles. The van der Waals surface area contributed by atoms with Gasteiger partial charge in [0.15, 0.2) is 11.3 Å². The van der Waals surface area contributed by atoms with Crippen molar-refractivity contribution in [1.82, 2.24) is 44.7 Å². The van der Waals surface area contributed by atoms with E-state index in [1.807, 2.05) is 16.8 Å². The molecule has 0 amide bonds. The van der Waals surface area contributed by atoms with Crippen LogP contribution in [0.3, 0.4) is 0 Å². The monoisotopic (exact) mass is 688 g/mol. The van der Waals surface area contributed by atoms with Gasteiger partial charge in [-0.15, -0.1) is 0 Å². The van der Waals surface area contributed by atoms with Gasteiger partial charge in [-0.1, -0.05) is 0 Å². The molecule has 7 rings (SSSR count).